The van der Waals surface area contributed by atoms with E-state index < -0.39 is 22.2 Å². The van der Waals surface area contributed by atoms with E-state index in [1.807, 2.05) is 0 Å². The molecule has 1 aromatic carbocycles. The third-order valence-electron chi connectivity index (χ3n) is 2.46. The highest BCUT2D eigenvalue weighted by Crippen LogP contribution is 2.32. The van der Waals surface area contributed by atoms with E-state index in [1.165, 1.54) is 4.90 Å². The average molecular weight is 260 g/mol. The fraction of sp³-hybridized carbons (Fsp3) is 0.455. The number of benzene rings is 1. The zero-order chi connectivity index (χ0) is 13.9. The Morgan fingerprint density at radius 2 is 2.06 bits per heavy atom. The van der Waals surface area contributed by atoms with Gasteiger partial charge in [-0.15, -0.1) is 0 Å². The highest BCUT2D eigenvalue weighted by molar-refractivity contribution is 5.64. The smallest absolute Gasteiger partial charge is 0.328 e. The van der Waals surface area contributed by atoms with Crippen molar-refractivity contribution >= 4 is 11.4 Å². The average Bonchev–Trinajstić information content (AvgIpc) is 2.23. The van der Waals surface area contributed by atoms with Gasteiger partial charge in [0.1, 0.15) is 11.5 Å². The topological polar surface area (TPSA) is 66.6 Å². The summed E-state index contributed by atoms with van der Waals surface area (Å²) >= 11 is 0. The maximum Gasteiger partial charge on any atom is 0.328 e. The van der Waals surface area contributed by atoms with Gasteiger partial charge in [-0.3, -0.25) is 10.1 Å². The fourth-order valence-corrected chi connectivity index (χ4v) is 1.72. The lowest BCUT2D eigenvalue weighted by Gasteiger charge is -2.27. The number of nitro benzene ring substituents is 1. The van der Waals surface area contributed by atoms with E-state index in [-0.39, 0.29) is 24.9 Å². The first-order valence-electron chi connectivity index (χ1n) is 5.39. The summed E-state index contributed by atoms with van der Waals surface area (Å²) in [5, 5.41) is 19.8. The monoisotopic (exact) mass is 260 g/mol. The van der Waals surface area contributed by atoms with Gasteiger partial charge in [0, 0.05) is 24.7 Å². The minimum atomic E-state index is -1.22. The van der Waals surface area contributed by atoms with Crippen LogP contribution in [0.25, 0.3) is 0 Å². The van der Waals surface area contributed by atoms with Crippen LogP contribution in [0.4, 0.5) is 20.2 Å². The van der Waals surface area contributed by atoms with Crippen LogP contribution in [0.5, 0.6) is 0 Å². The Balaban J connectivity index is 3.39. The number of nitrogens with zero attached hydrogens (tertiary/aromatic N) is 2. The minimum Gasteiger partial charge on any atom is -0.395 e. The van der Waals surface area contributed by atoms with Crippen LogP contribution in [-0.4, -0.2) is 29.2 Å². The molecular formula is C11H14F2N2O3. The molecule has 0 amide bonds. The van der Waals surface area contributed by atoms with Crippen molar-refractivity contribution in [2.45, 2.75) is 19.9 Å². The molecule has 0 aromatic heterocycles. The summed E-state index contributed by atoms with van der Waals surface area (Å²) in [5.41, 5.74) is -0.944. The molecule has 0 fully saturated rings. The molecule has 1 N–H and O–H groups in total. The molecule has 0 aliphatic rings. The van der Waals surface area contributed by atoms with E-state index in [1.54, 1.807) is 13.8 Å². The Morgan fingerprint density at radius 3 is 2.50 bits per heavy atom. The lowest BCUT2D eigenvalue weighted by molar-refractivity contribution is -0.386. The molecule has 5 nitrogen and oxygen atoms in total. The molecule has 1 rings (SSSR count). The quantitative estimate of drug-likeness (QED) is 0.650. The molecule has 1 aromatic rings. The van der Waals surface area contributed by atoms with Crippen LogP contribution in [0.15, 0.2) is 12.1 Å². The molecule has 0 spiro atoms. The van der Waals surface area contributed by atoms with Crippen LogP contribution in [-0.2, 0) is 0 Å². The summed E-state index contributed by atoms with van der Waals surface area (Å²) in [6, 6.07) is 1.13. The molecule has 0 saturated carbocycles. The first-order chi connectivity index (χ1) is 8.38. The molecule has 18 heavy (non-hydrogen) atoms. The number of nitro groups is 1. The molecule has 7 heteroatoms. The first kappa shape index (κ1) is 14.3. The van der Waals surface area contributed by atoms with Crippen LogP contribution < -0.4 is 4.90 Å². The fourth-order valence-electron chi connectivity index (χ4n) is 1.72. The maximum atomic E-state index is 13.5. The van der Waals surface area contributed by atoms with Crippen molar-refractivity contribution in [1.82, 2.24) is 0 Å². The molecule has 0 bridgehead atoms. The van der Waals surface area contributed by atoms with Crippen molar-refractivity contribution in [3.8, 4) is 0 Å². The van der Waals surface area contributed by atoms with Gasteiger partial charge in [-0.2, -0.15) is 4.39 Å². The van der Waals surface area contributed by atoms with Crippen LogP contribution in [0, 0.1) is 21.7 Å². The number of halogens is 2. The summed E-state index contributed by atoms with van der Waals surface area (Å²) in [6.45, 7) is 3.21. The summed E-state index contributed by atoms with van der Waals surface area (Å²) in [5.74, 6) is -2.12. The molecule has 100 valence electrons. The molecule has 0 atom stereocenters. The second-order valence-electron chi connectivity index (χ2n) is 4.02. The summed E-state index contributed by atoms with van der Waals surface area (Å²) in [7, 11) is 0. The van der Waals surface area contributed by atoms with Gasteiger partial charge in [-0.05, 0) is 13.8 Å². The van der Waals surface area contributed by atoms with E-state index >= 15 is 0 Å². The second-order valence-corrected chi connectivity index (χ2v) is 4.02. The van der Waals surface area contributed by atoms with E-state index in [0.717, 1.165) is 6.07 Å². The SMILES string of the molecule is CC(C)N(CCO)c1cc(F)cc(F)c1[N+](=O)[O-]. The number of hydrogen-bond acceptors (Lipinski definition) is 4. The van der Waals surface area contributed by atoms with Gasteiger partial charge in [-0.25, -0.2) is 4.39 Å². The highest BCUT2D eigenvalue weighted by atomic mass is 19.1. The van der Waals surface area contributed by atoms with Crippen molar-refractivity contribution in [3.63, 3.8) is 0 Å². The van der Waals surface area contributed by atoms with Crippen LogP contribution >= 0.6 is 0 Å². The Labute approximate surface area is 103 Å². The van der Waals surface area contributed by atoms with Crippen molar-refractivity contribution in [2.24, 2.45) is 0 Å². The Hall–Kier alpha value is -1.76. The normalized spacial score (nSPS) is 10.8. The first-order valence-corrected chi connectivity index (χ1v) is 5.39. The van der Waals surface area contributed by atoms with Gasteiger partial charge in [0.25, 0.3) is 0 Å². The van der Waals surface area contributed by atoms with Crippen molar-refractivity contribution in [3.05, 3.63) is 33.9 Å². The highest BCUT2D eigenvalue weighted by Gasteiger charge is 2.27. The number of anilines is 1. The standard InChI is InChI=1S/C11H14F2N2O3/c1-7(2)14(3-4-16)10-6-8(12)5-9(13)11(10)15(17)18/h5-7,16H,3-4H2,1-2H3. The van der Waals surface area contributed by atoms with Gasteiger partial charge in [0.15, 0.2) is 0 Å². The van der Waals surface area contributed by atoms with Gasteiger partial charge in [0.2, 0.25) is 5.82 Å². The lowest BCUT2D eigenvalue weighted by Crippen LogP contribution is -2.34. The van der Waals surface area contributed by atoms with E-state index in [9.17, 15) is 18.9 Å². The zero-order valence-corrected chi connectivity index (χ0v) is 10.1. The number of aliphatic hydroxyl groups excluding tert-OH is 1. The summed E-state index contributed by atoms with van der Waals surface area (Å²) in [4.78, 5) is 11.3. The van der Waals surface area contributed by atoms with E-state index in [0.29, 0.717) is 6.07 Å². The second kappa shape index (κ2) is 5.72. The molecule has 0 aliphatic carbocycles. The third kappa shape index (κ3) is 2.92. The van der Waals surface area contributed by atoms with Crippen LogP contribution in [0.1, 0.15) is 13.8 Å². The number of rotatable bonds is 5. The molecule has 0 saturated heterocycles. The third-order valence-corrected chi connectivity index (χ3v) is 2.46. The number of aliphatic hydroxyl groups is 1. The van der Waals surface area contributed by atoms with Crippen molar-refractivity contribution < 1.29 is 18.8 Å². The minimum absolute atomic E-state index is 0.0569. The van der Waals surface area contributed by atoms with Gasteiger partial charge < -0.3 is 10.0 Å². The van der Waals surface area contributed by atoms with Crippen LogP contribution in [0.3, 0.4) is 0 Å². The van der Waals surface area contributed by atoms with Gasteiger partial charge in [0.05, 0.1) is 11.5 Å². The summed E-state index contributed by atoms with van der Waals surface area (Å²) in [6.07, 6.45) is 0. The van der Waals surface area contributed by atoms with Gasteiger partial charge in [-0.1, -0.05) is 0 Å². The molecule has 0 heterocycles. The Kier molecular flexibility index (Phi) is 4.55. The van der Waals surface area contributed by atoms with Crippen molar-refractivity contribution in [2.75, 3.05) is 18.1 Å². The molecule has 0 aliphatic heterocycles. The van der Waals surface area contributed by atoms with E-state index in [2.05, 4.69) is 0 Å². The molecular weight excluding hydrogens is 246 g/mol. The zero-order valence-electron chi connectivity index (χ0n) is 10.1. The Bertz CT molecular complexity index is 452. The van der Waals surface area contributed by atoms with Gasteiger partial charge >= 0.3 is 5.69 Å². The maximum absolute atomic E-state index is 13.5. The molecule has 0 radical (unpaired) electrons. The number of hydrogen-bond donors (Lipinski definition) is 1. The summed E-state index contributed by atoms with van der Waals surface area (Å²) < 4.78 is 26.6. The largest absolute Gasteiger partial charge is 0.395 e. The predicted octanol–water partition coefficient (Wildman–Crippen LogP) is 2.08. The van der Waals surface area contributed by atoms with Crippen LogP contribution in [0.2, 0.25) is 0 Å². The van der Waals surface area contributed by atoms with Crippen molar-refractivity contribution in [1.29, 1.82) is 0 Å². The molecule has 0 unspecified atom stereocenters. The Morgan fingerprint density at radius 1 is 1.44 bits per heavy atom. The van der Waals surface area contributed by atoms with E-state index in [4.69, 9.17) is 5.11 Å². The predicted molar refractivity (Wildman–Crippen MR) is 62.6 cm³/mol. The lowest BCUT2D eigenvalue weighted by atomic mass is 10.2.